The van der Waals surface area contributed by atoms with Crippen LogP contribution in [0.25, 0.3) is 0 Å². The van der Waals surface area contributed by atoms with E-state index in [1.807, 2.05) is 65.0 Å². The van der Waals surface area contributed by atoms with E-state index < -0.39 is 17.2 Å². The molecule has 2 heterocycles. The van der Waals surface area contributed by atoms with Crippen molar-refractivity contribution in [3.05, 3.63) is 42.0 Å². The summed E-state index contributed by atoms with van der Waals surface area (Å²) in [7, 11) is 0. The first-order valence-corrected chi connectivity index (χ1v) is 10.9. The van der Waals surface area contributed by atoms with Crippen molar-refractivity contribution in [2.75, 3.05) is 19.7 Å². The number of para-hydroxylation sites is 1. The summed E-state index contributed by atoms with van der Waals surface area (Å²) >= 11 is 0. The van der Waals surface area contributed by atoms with Crippen LogP contribution < -0.4 is 10.1 Å². The molecule has 1 fully saturated rings. The number of aromatic nitrogens is 2. The van der Waals surface area contributed by atoms with Gasteiger partial charge < -0.3 is 19.3 Å². The lowest BCUT2D eigenvalue weighted by Gasteiger charge is -2.31. The van der Waals surface area contributed by atoms with E-state index in [9.17, 15) is 4.79 Å². The second-order valence-corrected chi connectivity index (χ2v) is 9.63. The number of piperidine rings is 1. The molecule has 3 rings (SSSR count). The van der Waals surface area contributed by atoms with Gasteiger partial charge in [0.2, 0.25) is 5.89 Å². The zero-order chi connectivity index (χ0) is 22.5. The number of alkyl carbamates (subject to hydrolysis) is 1. The predicted molar refractivity (Wildman–Crippen MR) is 117 cm³/mol. The molecule has 1 aromatic heterocycles. The van der Waals surface area contributed by atoms with E-state index >= 15 is 0 Å². The highest BCUT2D eigenvalue weighted by Gasteiger charge is 2.31. The smallest absolute Gasteiger partial charge is 0.408 e. The number of likely N-dealkylation sites (tertiary alicyclic amines) is 1. The van der Waals surface area contributed by atoms with Gasteiger partial charge in [-0.2, -0.15) is 4.98 Å². The highest BCUT2D eigenvalue weighted by atomic mass is 16.6. The zero-order valence-electron chi connectivity index (χ0n) is 19.2. The minimum absolute atomic E-state index is 0.425. The normalized spacial score (nSPS) is 17.9. The first-order chi connectivity index (χ1) is 14.6. The lowest BCUT2D eigenvalue weighted by atomic mass is 9.99. The third-order valence-electron chi connectivity index (χ3n) is 5.03. The van der Waals surface area contributed by atoms with E-state index in [0.29, 0.717) is 30.8 Å². The van der Waals surface area contributed by atoms with E-state index in [2.05, 4.69) is 20.4 Å². The maximum atomic E-state index is 12.1. The largest absolute Gasteiger partial charge is 0.493 e. The van der Waals surface area contributed by atoms with Gasteiger partial charge in [-0.25, -0.2) is 4.79 Å². The zero-order valence-corrected chi connectivity index (χ0v) is 19.2. The summed E-state index contributed by atoms with van der Waals surface area (Å²) in [5.74, 6) is 2.33. The van der Waals surface area contributed by atoms with E-state index in [-0.39, 0.29) is 0 Å². The van der Waals surface area contributed by atoms with Crippen LogP contribution in [0.5, 0.6) is 5.75 Å². The fourth-order valence-corrected chi connectivity index (χ4v) is 3.54. The monoisotopic (exact) mass is 430 g/mol. The number of amides is 1. The molecular formula is C23H34N4O4. The quantitative estimate of drug-likeness (QED) is 0.707. The molecule has 0 spiro atoms. The molecule has 1 N–H and O–H groups in total. The Balaban J connectivity index is 1.52. The van der Waals surface area contributed by atoms with Gasteiger partial charge >= 0.3 is 6.09 Å². The van der Waals surface area contributed by atoms with Crippen molar-refractivity contribution in [1.29, 1.82) is 0 Å². The highest BCUT2D eigenvalue weighted by Crippen LogP contribution is 2.22. The van der Waals surface area contributed by atoms with Crippen LogP contribution >= 0.6 is 0 Å². The summed E-state index contributed by atoms with van der Waals surface area (Å²) in [6.07, 6.45) is 1.74. The van der Waals surface area contributed by atoms with Crippen molar-refractivity contribution in [2.45, 2.75) is 65.1 Å². The number of benzene rings is 1. The molecule has 0 saturated carbocycles. The van der Waals surface area contributed by atoms with Crippen molar-refractivity contribution in [2.24, 2.45) is 5.92 Å². The van der Waals surface area contributed by atoms with Crippen molar-refractivity contribution in [3.8, 4) is 5.75 Å². The molecule has 8 heteroatoms. The molecule has 170 valence electrons. The molecule has 0 aliphatic carbocycles. The second kappa shape index (κ2) is 9.68. The molecule has 0 bridgehead atoms. The van der Waals surface area contributed by atoms with E-state index in [1.165, 1.54) is 0 Å². The fourth-order valence-electron chi connectivity index (χ4n) is 3.54. The molecule has 1 aliphatic rings. The van der Waals surface area contributed by atoms with Crippen molar-refractivity contribution >= 4 is 6.09 Å². The third-order valence-corrected chi connectivity index (χ3v) is 5.03. The van der Waals surface area contributed by atoms with Crippen LogP contribution in [-0.2, 0) is 16.8 Å². The number of hydrogen-bond donors (Lipinski definition) is 1. The van der Waals surface area contributed by atoms with Crippen LogP contribution in [0.2, 0.25) is 0 Å². The van der Waals surface area contributed by atoms with Crippen LogP contribution in [0.15, 0.2) is 34.9 Å². The van der Waals surface area contributed by atoms with Crippen LogP contribution in [0.4, 0.5) is 4.79 Å². The van der Waals surface area contributed by atoms with Gasteiger partial charge in [-0.15, -0.1) is 0 Å². The minimum Gasteiger partial charge on any atom is -0.493 e. The van der Waals surface area contributed by atoms with E-state index in [4.69, 9.17) is 14.0 Å². The Hall–Kier alpha value is -2.61. The summed E-state index contributed by atoms with van der Waals surface area (Å²) in [6.45, 7) is 12.3. The molecule has 0 radical (unpaired) electrons. The van der Waals surface area contributed by atoms with Gasteiger partial charge in [-0.05, 0) is 66.1 Å². The van der Waals surface area contributed by atoms with Gasteiger partial charge in [-0.1, -0.05) is 23.4 Å². The highest BCUT2D eigenvalue weighted by molar-refractivity contribution is 5.68. The number of rotatable bonds is 7. The molecule has 1 saturated heterocycles. The van der Waals surface area contributed by atoms with Crippen LogP contribution in [0.3, 0.4) is 0 Å². The van der Waals surface area contributed by atoms with Gasteiger partial charge in [-0.3, -0.25) is 4.90 Å². The maximum Gasteiger partial charge on any atom is 0.408 e. The molecule has 1 amide bonds. The van der Waals surface area contributed by atoms with Gasteiger partial charge in [0.05, 0.1) is 13.2 Å². The summed E-state index contributed by atoms with van der Waals surface area (Å²) in [6, 6.07) is 9.91. The molecule has 2 aromatic rings. The Bertz CT molecular complexity index is 845. The average Bonchev–Trinajstić information content (AvgIpc) is 3.15. The SMILES string of the molecule is CC(C)(C)OC(=O)NC(C)(C)c1noc(CN2CCCC(COc3ccccc3)C2)n1. The Morgan fingerprint density at radius 2 is 1.97 bits per heavy atom. The number of hydrogen-bond acceptors (Lipinski definition) is 7. The second-order valence-electron chi connectivity index (χ2n) is 9.63. The van der Waals surface area contributed by atoms with Crippen LogP contribution in [0, 0.1) is 5.92 Å². The number of ether oxygens (including phenoxy) is 2. The van der Waals surface area contributed by atoms with Crippen molar-refractivity contribution < 1.29 is 18.8 Å². The summed E-state index contributed by atoms with van der Waals surface area (Å²) in [5, 5.41) is 6.90. The fraction of sp³-hybridized carbons (Fsp3) is 0.609. The maximum absolute atomic E-state index is 12.1. The Morgan fingerprint density at radius 1 is 1.23 bits per heavy atom. The number of carbonyl (C=O) groups excluding carboxylic acids is 1. The number of nitrogens with zero attached hydrogens (tertiary/aromatic N) is 3. The third kappa shape index (κ3) is 7.24. The average molecular weight is 431 g/mol. The Labute approximate surface area is 184 Å². The minimum atomic E-state index is -0.807. The summed E-state index contributed by atoms with van der Waals surface area (Å²) < 4.78 is 16.7. The molecule has 1 aliphatic heterocycles. The topological polar surface area (TPSA) is 89.7 Å². The van der Waals surface area contributed by atoms with Crippen LogP contribution in [-0.4, -0.2) is 46.4 Å². The van der Waals surface area contributed by atoms with Gasteiger partial charge in [0.15, 0.2) is 5.82 Å². The van der Waals surface area contributed by atoms with E-state index in [0.717, 1.165) is 31.7 Å². The molecule has 1 atom stereocenters. The van der Waals surface area contributed by atoms with Gasteiger partial charge in [0, 0.05) is 12.5 Å². The molecule has 1 aromatic carbocycles. The molecular weight excluding hydrogens is 396 g/mol. The van der Waals surface area contributed by atoms with Crippen LogP contribution in [0.1, 0.15) is 59.2 Å². The number of carbonyl (C=O) groups is 1. The molecule has 1 unspecified atom stereocenters. The predicted octanol–water partition coefficient (Wildman–Crippen LogP) is 4.12. The van der Waals surface area contributed by atoms with E-state index in [1.54, 1.807) is 0 Å². The van der Waals surface area contributed by atoms with Gasteiger partial charge in [0.1, 0.15) is 16.9 Å². The Morgan fingerprint density at radius 3 is 2.68 bits per heavy atom. The first kappa shape index (κ1) is 23.1. The van der Waals surface area contributed by atoms with Gasteiger partial charge in [0.25, 0.3) is 0 Å². The molecule has 31 heavy (non-hydrogen) atoms. The van der Waals surface area contributed by atoms with Crippen molar-refractivity contribution in [1.82, 2.24) is 20.4 Å². The number of nitrogens with one attached hydrogen (secondary N) is 1. The van der Waals surface area contributed by atoms with Crippen molar-refractivity contribution in [3.63, 3.8) is 0 Å². The standard InChI is InChI=1S/C23H34N4O4/c1-22(2,3)30-21(28)25-23(4,5)20-24-19(31-26-20)15-27-13-9-10-17(14-27)16-29-18-11-7-6-8-12-18/h6-8,11-12,17H,9-10,13-16H2,1-5H3,(H,25,28). The summed E-state index contributed by atoms with van der Waals surface area (Å²) in [5.41, 5.74) is -1.38. The summed E-state index contributed by atoms with van der Waals surface area (Å²) in [4.78, 5) is 19.0. The Kier molecular flexibility index (Phi) is 7.20. The lowest BCUT2D eigenvalue weighted by Crippen LogP contribution is -2.44. The lowest BCUT2D eigenvalue weighted by molar-refractivity contribution is 0.0465. The first-order valence-electron chi connectivity index (χ1n) is 10.9. The molecule has 8 nitrogen and oxygen atoms in total.